The number of nitrogens with zero attached hydrogens (tertiary/aromatic N) is 1. The number of thioether (sulfide) groups is 1. The number of aromatic nitrogens is 1. The molecule has 0 radical (unpaired) electrons. The molecule has 1 aromatic carbocycles. The third-order valence-electron chi connectivity index (χ3n) is 2.25. The summed E-state index contributed by atoms with van der Waals surface area (Å²) in [4.78, 5) is 16.0. The highest BCUT2D eigenvalue weighted by molar-refractivity contribution is 8.01. The first-order valence-electron chi connectivity index (χ1n) is 5.99. The zero-order valence-electron chi connectivity index (χ0n) is 11.0. The Balaban J connectivity index is 1.95. The largest absolute Gasteiger partial charge is 0.326 e. The van der Waals surface area contributed by atoms with Crippen molar-refractivity contribution in [2.75, 3.05) is 5.75 Å². The molecule has 20 heavy (non-hydrogen) atoms. The number of amides is 2. The summed E-state index contributed by atoms with van der Waals surface area (Å²) >= 11 is 10.4. The van der Waals surface area contributed by atoms with Gasteiger partial charge in [0, 0.05) is 10.8 Å². The first kappa shape index (κ1) is 15.8. The maximum atomic E-state index is 11.5. The third-order valence-corrected chi connectivity index (χ3v) is 5.24. The van der Waals surface area contributed by atoms with Crippen molar-refractivity contribution in [3.63, 3.8) is 0 Å². The second-order valence-electron chi connectivity index (χ2n) is 3.86. The number of rotatable bonds is 5. The zero-order chi connectivity index (χ0) is 14.5. The van der Waals surface area contributed by atoms with Gasteiger partial charge in [0.1, 0.15) is 0 Å². The number of thiazole rings is 1. The van der Waals surface area contributed by atoms with Crippen LogP contribution < -0.4 is 10.0 Å². The number of halogens is 1. The highest BCUT2D eigenvalue weighted by Crippen LogP contribution is 2.32. The van der Waals surface area contributed by atoms with Crippen LogP contribution in [0.15, 0.2) is 22.5 Å². The predicted octanol–water partition coefficient (Wildman–Crippen LogP) is 4.36. The van der Waals surface area contributed by atoms with Gasteiger partial charge in [-0.1, -0.05) is 30.3 Å². The number of nitrogens with one attached hydrogen (secondary N) is 2. The standard InChI is InChI=1S/C12H14ClN3OS3/c1-3-18-16-11(17)14-7(2)19-12-15-9-6-8(13)4-5-10(9)20-12/h4-7H,3H2,1-2H3,(H2,14,16,17). The van der Waals surface area contributed by atoms with Crippen molar-refractivity contribution in [3.8, 4) is 0 Å². The molecule has 2 rings (SSSR count). The molecule has 1 atom stereocenters. The van der Waals surface area contributed by atoms with E-state index in [-0.39, 0.29) is 11.4 Å². The minimum atomic E-state index is -0.180. The molecule has 0 bridgehead atoms. The van der Waals surface area contributed by atoms with Gasteiger partial charge in [-0.25, -0.2) is 9.78 Å². The molecular formula is C12H14ClN3OS3. The fourth-order valence-electron chi connectivity index (χ4n) is 1.46. The van der Waals surface area contributed by atoms with Crippen LogP contribution in [0, 0.1) is 0 Å². The van der Waals surface area contributed by atoms with E-state index in [1.165, 1.54) is 23.7 Å². The SMILES string of the molecule is CCSNC(=O)NC(C)Sc1nc2cc(Cl)ccc2s1. The average molecular weight is 348 g/mol. The smallest absolute Gasteiger partial charge is 0.325 e. The third kappa shape index (κ3) is 4.44. The predicted molar refractivity (Wildman–Crippen MR) is 89.7 cm³/mol. The summed E-state index contributed by atoms with van der Waals surface area (Å²) in [6, 6.07) is 5.48. The topological polar surface area (TPSA) is 54.0 Å². The van der Waals surface area contributed by atoms with Crippen molar-refractivity contribution in [1.29, 1.82) is 0 Å². The van der Waals surface area contributed by atoms with E-state index in [0.29, 0.717) is 5.02 Å². The van der Waals surface area contributed by atoms with Gasteiger partial charge in [-0.05, 0) is 37.1 Å². The molecule has 2 N–H and O–H groups in total. The van der Waals surface area contributed by atoms with E-state index in [4.69, 9.17) is 11.6 Å². The van der Waals surface area contributed by atoms with Gasteiger partial charge in [0.15, 0.2) is 4.34 Å². The van der Waals surface area contributed by atoms with Crippen molar-refractivity contribution >= 4 is 62.9 Å². The number of benzene rings is 1. The molecule has 2 aromatic rings. The van der Waals surface area contributed by atoms with E-state index in [0.717, 1.165) is 20.3 Å². The van der Waals surface area contributed by atoms with Crippen molar-refractivity contribution in [2.45, 2.75) is 23.6 Å². The fourth-order valence-corrected chi connectivity index (χ4v) is 4.15. The summed E-state index contributed by atoms with van der Waals surface area (Å²) in [6.07, 6.45) is 0. The molecule has 8 heteroatoms. The number of urea groups is 1. The monoisotopic (exact) mass is 347 g/mol. The number of carbonyl (C=O) groups is 1. The first-order chi connectivity index (χ1) is 9.58. The quantitative estimate of drug-likeness (QED) is 0.479. The lowest BCUT2D eigenvalue weighted by atomic mass is 10.3. The molecule has 0 fully saturated rings. The summed E-state index contributed by atoms with van der Waals surface area (Å²) in [7, 11) is 0. The van der Waals surface area contributed by atoms with Gasteiger partial charge in [-0.3, -0.25) is 4.72 Å². The van der Waals surface area contributed by atoms with Crippen LogP contribution in [0.4, 0.5) is 4.79 Å². The summed E-state index contributed by atoms with van der Waals surface area (Å²) < 4.78 is 4.71. The Bertz CT molecular complexity index is 605. The lowest BCUT2D eigenvalue weighted by molar-refractivity contribution is 0.246. The molecule has 0 spiro atoms. The molecule has 2 amide bonds. The molecule has 1 aromatic heterocycles. The Hall–Kier alpha value is -0.630. The number of hydrogen-bond acceptors (Lipinski definition) is 5. The van der Waals surface area contributed by atoms with Gasteiger partial charge in [-0.15, -0.1) is 11.3 Å². The molecule has 1 unspecified atom stereocenters. The normalized spacial score (nSPS) is 12.3. The molecule has 1 heterocycles. The van der Waals surface area contributed by atoms with E-state index in [2.05, 4.69) is 15.0 Å². The van der Waals surface area contributed by atoms with Gasteiger partial charge in [0.05, 0.1) is 15.6 Å². The van der Waals surface area contributed by atoms with Crippen molar-refractivity contribution in [3.05, 3.63) is 23.2 Å². The summed E-state index contributed by atoms with van der Waals surface area (Å²) in [6.45, 7) is 3.91. The Morgan fingerprint density at radius 2 is 2.35 bits per heavy atom. The molecular weight excluding hydrogens is 334 g/mol. The van der Waals surface area contributed by atoms with Crippen LogP contribution in [0.25, 0.3) is 10.2 Å². The summed E-state index contributed by atoms with van der Waals surface area (Å²) in [5, 5.41) is 3.48. The van der Waals surface area contributed by atoms with E-state index in [9.17, 15) is 4.79 Å². The van der Waals surface area contributed by atoms with E-state index in [1.54, 1.807) is 11.3 Å². The molecule has 0 saturated carbocycles. The number of fused-ring (bicyclic) bond motifs is 1. The van der Waals surface area contributed by atoms with Crippen LogP contribution in [0.2, 0.25) is 5.02 Å². The molecule has 0 saturated heterocycles. The minimum Gasteiger partial charge on any atom is -0.326 e. The lowest BCUT2D eigenvalue weighted by Gasteiger charge is -2.11. The van der Waals surface area contributed by atoms with E-state index >= 15 is 0 Å². The van der Waals surface area contributed by atoms with Gasteiger partial charge in [-0.2, -0.15) is 0 Å². The van der Waals surface area contributed by atoms with Crippen LogP contribution in [0.5, 0.6) is 0 Å². The summed E-state index contributed by atoms with van der Waals surface area (Å²) in [5.41, 5.74) is 0.892. The van der Waals surface area contributed by atoms with Gasteiger partial charge < -0.3 is 5.32 Å². The highest BCUT2D eigenvalue weighted by atomic mass is 35.5. The lowest BCUT2D eigenvalue weighted by Crippen LogP contribution is -2.36. The maximum Gasteiger partial charge on any atom is 0.325 e. The van der Waals surface area contributed by atoms with Crippen LogP contribution in [0.3, 0.4) is 0 Å². The minimum absolute atomic E-state index is 0.0523. The van der Waals surface area contributed by atoms with Gasteiger partial charge in [0.2, 0.25) is 0 Å². The summed E-state index contributed by atoms with van der Waals surface area (Å²) in [5.74, 6) is 0.841. The van der Waals surface area contributed by atoms with Crippen molar-refractivity contribution < 1.29 is 4.79 Å². The maximum absolute atomic E-state index is 11.5. The molecule has 0 aliphatic heterocycles. The molecule has 0 aliphatic carbocycles. The second kappa shape index (κ2) is 7.40. The van der Waals surface area contributed by atoms with Gasteiger partial charge >= 0.3 is 6.03 Å². The number of hydrogen-bond donors (Lipinski definition) is 2. The second-order valence-corrected chi connectivity index (χ2v) is 7.99. The Morgan fingerprint density at radius 1 is 1.55 bits per heavy atom. The average Bonchev–Trinajstić information content (AvgIpc) is 2.77. The number of carbonyl (C=O) groups excluding carboxylic acids is 1. The van der Waals surface area contributed by atoms with E-state index in [1.807, 2.05) is 32.0 Å². The van der Waals surface area contributed by atoms with Crippen molar-refractivity contribution in [2.24, 2.45) is 0 Å². The van der Waals surface area contributed by atoms with Crippen LogP contribution in [-0.4, -0.2) is 22.1 Å². The van der Waals surface area contributed by atoms with Crippen LogP contribution in [0.1, 0.15) is 13.8 Å². The Kier molecular flexibility index (Phi) is 5.83. The zero-order valence-corrected chi connectivity index (χ0v) is 14.2. The Labute approximate surface area is 135 Å². The Morgan fingerprint density at radius 3 is 3.10 bits per heavy atom. The van der Waals surface area contributed by atoms with Crippen molar-refractivity contribution in [1.82, 2.24) is 15.0 Å². The van der Waals surface area contributed by atoms with E-state index < -0.39 is 0 Å². The van der Waals surface area contributed by atoms with Gasteiger partial charge in [0.25, 0.3) is 0 Å². The molecule has 108 valence electrons. The first-order valence-corrected chi connectivity index (χ1v) is 9.05. The van der Waals surface area contributed by atoms with Crippen LogP contribution in [-0.2, 0) is 0 Å². The van der Waals surface area contributed by atoms with Crippen LogP contribution >= 0.6 is 46.6 Å². The molecule has 4 nitrogen and oxygen atoms in total. The molecule has 0 aliphatic rings. The highest BCUT2D eigenvalue weighted by Gasteiger charge is 2.12. The fraction of sp³-hybridized carbons (Fsp3) is 0.333.